The largest absolute Gasteiger partial charge is 0.480 e. The zero-order chi connectivity index (χ0) is 62.8. The SMILES string of the molecule is CCC(C)[C@H](NC(=O)[C@H](CCCN)NC(=O)CNC(=O)[C@@H](NC(=O)[C@@H](NC(=O)[C@H](Cc1cnc[nH]1)NC(=O)[C@H](Cc1cccc2ccccc12)NC(=O)[C@H](C)NC(=O)[C@@H](N)CCCN=C(N)N)[C@@H](C)O)[C@@H](C)O)C(=O)N(CC(=O)O)C(C)CC. The third-order valence-corrected chi connectivity index (χ3v) is 14.0. The summed E-state index contributed by atoms with van der Waals surface area (Å²) >= 11 is 0. The van der Waals surface area contributed by atoms with E-state index in [-0.39, 0.29) is 51.2 Å². The van der Waals surface area contributed by atoms with Gasteiger partial charge in [0.15, 0.2) is 5.96 Å². The number of nitrogens with zero attached hydrogens (tertiary/aromatic N) is 3. The second-order valence-electron chi connectivity index (χ2n) is 20.7. The predicted molar refractivity (Wildman–Crippen MR) is 310 cm³/mol. The van der Waals surface area contributed by atoms with E-state index in [0.29, 0.717) is 30.5 Å². The average molecular weight is 1180 g/mol. The Kier molecular flexibility index (Phi) is 29.2. The average Bonchev–Trinajstić information content (AvgIpc) is 4.04. The highest BCUT2D eigenvalue weighted by molar-refractivity contribution is 5.99. The molecule has 0 aliphatic carbocycles. The monoisotopic (exact) mass is 1180 g/mol. The van der Waals surface area contributed by atoms with Crippen molar-refractivity contribution in [3.8, 4) is 0 Å². The molecular formula is C55H86N16O13. The zero-order valence-electron chi connectivity index (χ0n) is 48.7. The van der Waals surface area contributed by atoms with Gasteiger partial charge in [0.1, 0.15) is 48.8 Å². The molecule has 0 saturated heterocycles. The number of benzene rings is 2. The van der Waals surface area contributed by atoms with Gasteiger partial charge >= 0.3 is 5.97 Å². The van der Waals surface area contributed by atoms with Crippen molar-refractivity contribution in [2.24, 2.45) is 33.8 Å². The third-order valence-electron chi connectivity index (χ3n) is 14.0. The Hall–Kier alpha value is -8.28. The minimum atomic E-state index is -1.85. The van der Waals surface area contributed by atoms with E-state index in [0.717, 1.165) is 24.6 Å². The van der Waals surface area contributed by atoms with Crippen LogP contribution in [-0.4, -0.2) is 188 Å². The fourth-order valence-electron chi connectivity index (χ4n) is 8.68. The summed E-state index contributed by atoms with van der Waals surface area (Å²) in [6.07, 6.45) is 0.629. The summed E-state index contributed by atoms with van der Waals surface area (Å²) in [6.45, 7) is 9.59. The molecule has 1 aromatic heterocycles. The van der Waals surface area contributed by atoms with Crippen molar-refractivity contribution in [3.63, 3.8) is 0 Å². The van der Waals surface area contributed by atoms with Crippen LogP contribution in [0.3, 0.4) is 0 Å². The Morgan fingerprint density at radius 2 is 1.26 bits per heavy atom. The molecule has 20 N–H and O–H groups in total. The van der Waals surface area contributed by atoms with E-state index in [4.69, 9.17) is 22.9 Å². The van der Waals surface area contributed by atoms with Crippen LogP contribution in [0, 0.1) is 5.92 Å². The summed E-state index contributed by atoms with van der Waals surface area (Å²) in [5.41, 5.74) is 23.5. The van der Waals surface area contributed by atoms with Crippen LogP contribution in [-0.2, 0) is 60.8 Å². The molecule has 0 fully saturated rings. The Morgan fingerprint density at radius 3 is 1.87 bits per heavy atom. The number of aliphatic imine (C=N–C) groups is 1. The van der Waals surface area contributed by atoms with Crippen LogP contribution in [0.4, 0.5) is 0 Å². The molecule has 84 heavy (non-hydrogen) atoms. The summed E-state index contributed by atoms with van der Waals surface area (Å²) < 4.78 is 0. The second-order valence-corrected chi connectivity index (χ2v) is 20.7. The molecule has 464 valence electrons. The van der Waals surface area contributed by atoms with Gasteiger partial charge in [-0.05, 0) is 88.6 Å². The lowest BCUT2D eigenvalue weighted by atomic mass is 9.96. The maximum atomic E-state index is 14.5. The molecule has 9 amide bonds. The summed E-state index contributed by atoms with van der Waals surface area (Å²) in [5, 5.41) is 52.8. The first-order valence-electron chi connectivity index (χ1n) is 28.0. The number of imidazole rings is 1. The number of carbonyl (C=O) groups excluding carboxylic acids is 9. The van der Waals surface area contributed by atoms with Crippen molar-refractivity contribution >= 4 is 75.9 Å². The Balaban J connectivity index is 1.83. The fraction of sp³-hybridized carbons (Fsp3) is 0.564. The lowest BCUT2D eigenvalue weighted by Crippen LogP contribution is -2.63. The van der Waals surface area contributed by atoms with Gasteiger partial charge in [0.05, 0.1) is 31.1 Å². The number of carbonyl (C=O) groups is 10. The van der Waals surface area contributed by atoms with Gasteiger partial charge in [0, 0.05) is 37.3 Å². The van der Waals surface area contributed by atoms with E-state index in [1.807, 2.05) is 24.3 Å². The van der Waals surface area contributed by atoms with Crippen LogP contribution < -0.4 is 65.5 Å². The van der Waals surface area contributed by atoms with Crippen LogP contribution in [0.1, 0.15) is 98.2 Å². The Bertz CT molecular complexity index is 2720. The van der Waals surface area contributed by atoms with E-state index in [9.17, 15) is 63.3 Å². The Morgan fingerprint density at radius 1 is 0.667 bits per heavy atom. The first kappa shape index (κ1) is 70.0. The molecule has 2 aromatic carbocycles. The molecular weight excluding hydrogens is 1090 g/mol. The summed E-state index contributed by atoms with van der Waals surface area (Å²) in [6, 6.07) is 0.925. The van der Waals surface area contributed by atoms with Crippen LogP contribution in [0.25, 0.3) is 10.8 Å². The lowest BCUT2D eigenvalue weighted by Gasteiger charge is -2.34. The summed E-state index contributed by atoms with van der Waals surface area (Å²) in [7, 11) is 0. The molecule has 0 aliphatic heterocycles. The number of nitrogens with two attached hydrogens (primary N) is 4. The standard InChI is InChI=1S/C55H86N16O13/c1-8-29(3)44(54(84)71(27-43(75)76)30(4)9-2)68-49(79)39(20-13-21-56)65-42(74)26-62-52(82)45(32(6)72)70-53(83)46(33(7)73)69-51(81)41(24-36-25-60-28-63-36)67-50(80)40(23-35-17-12-16-34-15-10-11-18-37(34)35)66-47(77)31(5)64-48(78)38(57)19-14-22-61-55(58)59/h10-12,15-18,25,28-33,38-41,44-46,72-73H,8-9,13-14,19-24,26-27,56-57H2,1-7H3,(H,60,63)(H,62,82)(H,64,78)(H,65,74)(H,66,77)(H,67,80)(H,68,79)(H,69,81)(H,70,83)(H,75,76)(H4,58,59,61)/t29?,30?,31-,32+,33+,38-,39-,40-,41-,44-,45-,46-/m0/s1. The molecule has 0 radical (unpaired) electrons. The van der Waals surface area contributed by atoms with Crippen molar-refractivity contribution in [2.75, 3.05) is 26.2 Å². The number of hydrogen-bond acceptors (Lipinski definition) is 16. The molecule has 12 atom stereocenters. The molecule has 1 heterocycles. The number of H-pyrrole nitrogens is 1. The highest BCUT2D eigenvalue weighted by Gasteiger charge is 2.38. The number of aromatic amines is 1. The van der Waals surface area contributed by atoms with Gasteiger partial charge < -0.3 is 90.7 Å². The molecule has 3 aromatic rings. The summed E-state index contributed by atoms with van der Waals surface area (Å²) in [5.74, 6) is -9.75. The number of aromatic nitrogens is 2. The van der Waals surface area contributed by atoms with E-state index < -0.39 is 145 Å². The number of aliphatic hydroxyl groups excluding tert-OH is 2. The van der Waals surface area contributed by atoms with E-state index in [1.54, 1.807) is 45.9 Å². The molecule has 0 spiro atoms. The third kappa shape index (κ3) is 22.5. The molecule has 0 aliphatic rings. The second kappa shape index (κ2) is 35.0. The number of guanidine groups is 1. The number of carboxylic acid groups (broad SMARTS) is 1. The molecule has 2 unspecified atom stereocenters. The summed E-state index contributed by atoms with van der Waals surface area (Å²) in [4.78, 5) is 148. The number of hydrogen-bond donors (Lipinski definition) is 16. The van der Waals surface area contributed by atoms with Gasteiger partial charge in [0.2, 0.25) is 53.2 Å². The first-order valence-corrected chi connectivity index (χ1v) is 28.0. The number of amides is 9. The van der Waals surface area contributed by atoms with Gasteiger partial charge in [-0.3, -0.25) is 52.9 Å². The van der Waals surface area contributed by atoms with Crippen molar-refractivity contribution in [1.82, 2.24) is 57.4 Å². The maximum absolute atomic E-state index is 14.5. The molecule has 29 nitrogen and oxygen atoms in total. The van der Waals surface area contributed by atoms with Gasteiger partial charge in [-0.25, -0.2) is 4.98 Å². The number of fused-ring (bicyclic) bond motifs is 1. The lowest BCUT2D eigenvalue weighted by molar-refractivity contribution is -0.148. The zero-order valence-corrected chi connectivity index (χ0v) is 48.7. The highest BCUT2D eigenvalue weighted by atomic mass is 16.4. The van der Waals surface area contributed by atoms with Crippen molar-refractivity contribution in [1.29, 1.82) is 0 Å². The van der Waals surface area contributed by atoms with E-state index in [2.05, 4.69) is 57.5 Å². The maximum Gasteiger partial charge on any atom is 0.323 e. The van der Waals surface area contributed by atoms with Crippen molar-refractivity contribution < 1.29 is 63.3 Å². The minimum Gasteiger partial charge on any atom is -0.480 e. The number of carboxylic acids is 1. The predicted octanol–water partition coefficient (Wildman–Crippen LogP) is -3.48. The van der Waals surface area contributed by atoms with Crippen LogP contribution in [0.15, 0.2) is 60.0 Å². The van der Waals surface area contributed by atoms with Gasteiger partial charge in [-0.15, -0.1) is 0 Å². The number of rotatable bonds is 36. The van der Waals surface area contributed by atoms with Crippen molar-refractivity contribution in [2.45, 2.75) is 166 Å². The molecule has 3 rings (SSSR count). The molecule has 29 heteroatoms. The topological polar surface area (TPSA) is 476 Å². The van der Waals surface area contributed by atoms with Gasteiger partial charge in [-0.1, -0.05) is 69.7 Å². The fourth-order valence-corrected chi connectivity index (χ4v) is 8.68. The molecule has 0 saturated carbocycles. The minimum absolute atomic E-state index is 0.00293. The van der Waals surface area contributed by atoms with E-state index in [1.165, 1.54) is 24.3 Å². The molecule has 0 bridgehead atoms. The van der Waals surface area contributed by atoms with E-state index >= 15 is 0 Å². The van der Waals surface area contributed by atoms with Crippen LogP contribution >= 0.6 is 0 Å². The van der Waals surface area contributed by atoms with Crippen LogP contribution in [0.5, 0.6) is 0 Å². The quantitative estimate of drug-likeness (QED) is 0.0153. The smallest absolute Gasteiger partial charge is 0.323 e. The number of nitrogens with one attached hydrogen (secondary N) is 9. The van der Waals surface area contributed by atoms with Gasteiger partial charge in [0.25, 0.3) is 0 Å². The first-order chi connectivity index (χ1) is 39.7. The number of aliphatic hydroxyl groups is 2. The number of aliphatic carboxylic acids is 1. The van der Waals surface area contributed by atoms with Crippen LogP contribution in [0.2, 0.25) is 0 Å². The van der Waals surface area contributed by atoms with Crippen molar-refractivity contribution in [3.05, 3.63) is 66.2 Å². The Labute approximate surface area is 487 Å². The normalized spacial score (nSPS) is 15.5. The van der Waals surface area contributed by atoms with Gasteiger partial charge in [-0.2, -0.15) is 0 Å². The highest BCUT2D eigenvalue weighted by Crippen LogP contribution is 2.21.